The zero-order chi connectivity index (χ0) is 24.2. The normalized spacial score (nSPS) is 22.4. The number of fused-ring (bicyclic) bond motifs is 5. The zero-order valence-electron chi connectivity index (χ0n) is 19.4. The number of nitrogens with zero attached hydrogens (tertiary/aromatic N) is 4. The molecule has 0 bridgehead atoms. The Morgan fingerprint density at radius 1 is 1.09 bits per heavy atom. The molecule has 0 saturated carbocycles. The van der Waals surface area contributed by atoms with E-state index in [4.69, 9.17) is 4.74 Å². The minimum atomic E-state index is -4.64. The number of carbonyl (C=O) groups is 1. The Labute approximate surface area is 201 Å². The van der Waals surface area contributed by atoms with Gasteiger partial charge in [0.05, 0.1) is 12.3 Å². The van der Waals surface area contributed by atoms with Gasteiger partial charge < -0.3 is 4.74 Å². The van der Waals surface area contributed by atoms with Crippen molar-refractivity contribution in [1.82, 2.24) is 19.5 Å². The molecule has 2 aromatic heterocycles. The van der Waals surface area contributed by atoms with Crippen molar-refractivity contribution in [2.45, 2.75) is 57.2 Å². The van der Waals surface area contributed by atoms with Gasteiger partial charge in [-0.15, -0.1) is 0 Å². The maximum atomic E-state index is 14.2. The summed E-state index contributed by atoms with van der Waals surface area (Å²) in [5.74, 6) is -0.451. The molecule has 0 radical (unpaired) electrons. The number of aromatic nitrogens is 3. The third kappa shape index (κ3) is 3.99. The number of benzene rings is 1. The van der Waals surface area contributed by atoms with Gasteiger partial charge in [0.2, 0.25) is 0 Å². The monoisotopic (exact) mass is 484 g/mol. The number of hydrogen-bond acceptors (Lipinski definition) is 5. The lowest BCUT2D eigenvalue weighted by atomic mass is 9.84. The van der Waals surface area contributed by atoms with E-state index in [9.17, 15) is 18.0 Å². The predicted molar refractivity (Wildman–Crippen MR) is 123 cm³/mol. The molecule has 2 atom stereocenters. The fraction of sp³-hybridized carbons (Fsp3) is 0.500. The molecule has 1 aliphatic carbocycles. The second-order valence-corrected chi connectivity index (χ2v) is 9.84. The maximum Gasteiger partial charge on any atom is 0.433 e. The Kier molecular flexibility index (Phi) is 5.55. The lowest BCUT2D eigenvalue weighted by Gasteiger charge is -2.44. The molecule has 3 aliphatic rings. The maximum absolute atomic E-state index is 14.2. The number of carbonyl (C=O) groups excluding carboxylic acids is 1. The molecule has 0 unspecified atom stereocenters. The first-order valence-corrected chi connectivity index (χ1v) is 12.4. The van der Waals surface area contributed by atoms with Crippen LogP contribution < -0.4 is 0 Å². The number of alkyl halides is 3. The minimum absolute atomic E-state index is 0.00384. The summed E-state index contributed by atoms with van der Waals surface area (Å²) in [6.45, 7) is 2.43. The van der Waals surface area contributed by atoms with E-state index >= 15 is 0 Å². The van der Waals surface area contributed by atoms with Crippen LogP contribution in [0.25, 0.3) is 16.9 Å². The number of hydrogen-bond donors (Lipinski definition) is 0. The number of aryl methyl sites for hydroxylation is 1. The number of piperidine rings is 2. The Hall–Kier alpha value is -2.94. The first kappa shape index (κ1) is 22.5. The molecule has 2 aliphatic heterocycles. The summed E-state index contributed by atoms with van der Waals surface area (Å²) in [7, 11) is 0. The van der Waals surface area contributed by atoms with Crippen LogP contribution in [0.5, 0.6) is 0 Å². The molecule has 6 rings (SSSR count). The van der Waals surface area contributed by atoms with E-state index < -0.39 is 17.8 Å². The number of ether oxygens (including phenoxy) is 1. The topological polar surface area (TPSA) is 59.7 Å². The van der Waals surface area contributed by atoms with Crippen molar-refractivity contribution in [3.63, 3.8) is 0 Å². The van der Waals surface area contributed by atoms with Gasteiger partial charge in [-0.05, 0) is 57.2 Å². The van der Waals surface area contributed by atoms with Crippen molar-refractivity contribution in [2.75, 3.05) is 19.7 Å². The van der Waals surface area contributed by atoms with Crippen LogP contribution in [-0.4, -0.2) is 51.2 Å². The van der Waals surface area contributed by atoms with E-state index in [1.807, 2.05) is 12.1 Å². The molecule has 35 heavy (non-hydrogen) atoms. The Morgan fingerprint density at radius 3 is 2.77 bits per heavy atom. The standard InChI is InChI=1S/C26H27F3N4O2/c27-26(28,29)24-19-11-10-16-6-1-2-8-18(16)23(19)30-22-14-20(31-33(22)24)25(34)35-15-17-7-5-13-32-12-4-3-9-21(17)32/h1-2,6,8,14,17,21H,3-5,7,9-13,15H2/t17-,21+/m0/s1. The smallest absolute Gasteiger partial charge is 0.433 e. The molecule has 2 fully saturated rings. The van der Waals surface area contributed by atoms with E-state index in [-0.39, 0.29) is 35.9 Å². The quantitative estimate of drug-likeness (QED) is 0.493. The highest BCUT2D eigenvalue weighted by Crippen LogP contribution is 2.40. The van der Waals surface area contributed by atoms with Gasteiger partial charge in [-0.2, -0.15) is 18.3 Å². The summed E-state index contributed by atoms with van der Waals surface area (Å²) in [5, 5.41) is 4.04. The van der Waals surface area contributed by atoms with Gasteiger partial charge in [-0.1, -0.05) is 30.7 Å². The van der Waals surface area contributed by atoms with Crippen molar-refractivity contribution >= 4 is 11.6 Å². The van der Waals surface area contributed by atoms with Gasteiger partial charge in [-0.25, -0.2) is 14.3 Å². The molecule has 184 valence electrons. The third-order valence-electron chi connectivity index (χ3n) is 7.75. The van der Waals surface area contributed by atoms with Crippen LogP contribution in [0.1, 0.15) is 59.4 Å². The summed E-state index contributed by atoms with van der Waals surface area (Å²) in [6.07, 6.45) is 1.60. The zero-order valence-corrected chi connectivity index (χ0v) is 19.4. The van der Waals surface area contributed by atoms with E-state index in [1.165, 1.54) is 18.9 Å². The van der Waals surface area contributed by atoms with Crippen molar-refractivity contribution in [3.8, 4) is 11.3 Å². The Morgan fingerprint density at radius 2 is 1.91 bits per heavy atom. The molecular formula is C26H27F3N4O2. The molecular weight excluding hydrogens is 457 g/mol. The van der Waals surface area contributed by atoms with Crippen LogP contribution in [0.2, 0.25) is 0 Å². The fourth-order valence-corrected chi connectivity index (χ4v) is 6.15. The van der Waals surface area contributed by atoms with Gasteiger partial charge in [-0.3, -0.25) is 4.90 Å². The number of halogens is 3. The first-order valence-electron chi connectivity index (χ1n) is 12.4. The van der Waals surface area contributed by atoms with Crippen LogP contribution in [-0.2, 0) is 23.8 Å². The largest absolute Gasteiger partial charge is 0.461 e. The van der Waals surface area contributed by atoms with Crippen LogP contribution >= 0.6 is 0 Å². The van der Waals surface area contributed by atoms with Gasteiger partial charge in [0.15, 0.2) is 17.0 Å². The van der Waals surface area contributed by atoms with Gasteiger partial charge in [0, 0.05) is 29.2 Å². The highest BCUT2D eigenvalue weighted by molar-refractivity contribution is 5.88. The molecule has 3 aromatic rings. The van der Waals surface area contributed by atoms with Crippen LogP contribution in [0.15, 0.2) is 30.3 Å². The second-order valence-electron chi connectivity index (χ2n) is 9.84. The first-order chi connectivity index (χ1) is 16.9. The van der Waals surface area contributed by atoms with E-state index in [0.717, 1.165) is 42.4 Å². The van der Waals surface area contributed by atoms with E-state index in [2.05, 4.69) is 15.0 Å². The predicted octanol–water partition coefficient (Wildman–Crippen LogP) is 4.94. The van der Waals surface area contributed by atoms with Crippen molar-refractivity contribution in [2.24, 2.45) is 5.92 Å². The van der Waals surface area contributed by atoms with Gasteiger partial charge in [0.25, 0.3) is 0 Å². The van der Waals surface area contributed by atoms with Crippen molar-refractivity contribution in [1.29, 1.82) is 0 Å². The molecule has 4 heterocycles. The Bertz CT molecular complexity index is 1280. The summed E-state index contributed by atoms with van der Waals surface area (Å²) in [6, 6.07) is 9.10. The highest BCUT2D eigenvalue weighted by Gasteiger charge is 2.40. The van der Waals surface area contributed by atoms with E-state index in [1.54, 1.807) is 12.1 Å². The van der Waals surface area contributed by atoms with Crippen LogP contribution in [0.3, 0.4) is 0 Å². The summed E-state index contributed by atoms with van der Waals surface area (Å²) in [5.41, 5.74) is 1.08. The number of esters is 1. The van der Waals surface area contributed by atoms with Gasteiger partial charge >= 0.3 is 12.1 Å². The summed E-state index contributed by atoms with van der Waals surface area (Å²) in [4.78, 5) is 19.9. The third-order valence-corrected chi connectivity index (χ3v) is 7.75. The fourth-order valence-electron chi connectivity index (χ4n) is 6.15. The average Bonchev–Trinajstić information content (AvgIpc) is 3.28. The van der Waals surface area contributed by atoms with Crippen molar-refractivity contribution < 1.29 is 22.7 Å². The molecule has 0 spiro atoms. The summed E-state index contributed by atoms with van der Waals surface area (Å²) < 4.78 is 49.1. The molecule has 9 heteroatoms. The molecule has 6 nitrogen and oxygen atoms in total. The van der Waals surface area contributed by atoms with Gasteiger partial charge in [0.1, 0.15) is 0 Å². The minimum Gasteiger partial charge on any atom is -0.461 e. The molecule has 0 N–H and O–H groups in total. The molecule has 2 saturated heterocycles. The SMILES string of the molecule is O=C(OC[C@@H]1CCCN2CCCC[C@H]12)c1cc2nc3c(c(C(F)(F)F)n2n1)CCc1ccccc1-3. The second kappa shape index (κ2) is 8.62. The summed E-state index contributed by atoms with van der Waals surface area (Å²) >= 11 is 0. The lowest BCUT2D eigenvalue weighted by molar-refractivity contribution is -0.143. The van der Waals surface area contributed by atoms with Crippen LogP contribution in [0, 0.1) is 5.92 Å². The molecule has 1 aromatic carbocycles. The Balaban J connectivity index is 1.32. The van der Waals surface area contributed by atoms with E-state index in [0.29, 0.717) is 23.7 Å². The molecule has 0 amide bonds. The van der Waals surface area contributed by atoms with Crippen LogP contribution in [0.4, 0.5) is 13.2 Å². The highest BCUT2D eigenvalue weighted by atomic mass is 19.4. The average molecular weight is 485 g/mol. The number of rotatable bonds is 3. The lowest BCUT2D eigenvalue weighted by Crippen LogP contribution is -2.49. The van der Waals surface area contributed by atoms with Crippen molar-refractivity contribution in [3.05, 3.63) is 52.8 Å².